The maximum absolute atomic E-state index is 12.5. The number of hydrogen-bond acceptors (Lipinski definition) is 4. The van der Waals surface area contributed by atoms with Gasteiger partial charge in [-0.3, -0.25) is 4.79 Å². The van der Waals surface area contributed by atoms with E-state index in [0.717, 1.165) is 22.2 Å². The average Bonchev–Trinajstić information content (AvgIpc) is 2.92. The predicted molar refractivity (Wildman–Crippen MR) is 100 cm³/mol. The van der Waals surface area contributed by atoms with E-state index in [2.05, 4.69) is 0 Å². The number of nitrogens with zero attached hydrogens (tertiary/aromatic N) is 1. The highest BCUT2D eigenvalue weighted by atomic mass is 16.5. The quantitative estimate of drug-likeness (QED) is 0.518. The van der Waals surface area contributed by atoms with Gasteiger partial charge < -0.3 is 14.0 Å². The van der Waals surface area contributed by atoms with E-state index in [1.54, 1.807) is 19.2 Å². The zero-order chi connectivity index (χ0) is 18.8. The van der Waals surface area contributed by atoms with Gasteiger partial charge in [-0.25, -0.2) is 4.79 Å². The normalized spacial score (nSPS) is 10.8. The van der Waals surface area contributed by atoms with Crippen molar-refractivity contribution in [2.24, 2.45) is 7.05 Å². The number of aromatic nitrogens is 1. The Morgan fingerprint density at radius 1 is 1.00 bits per heavy atom. The number of Topliss-reactive ketones (excluding diaryl/α,β-unsaturated/α-hetero) is 1. The lowest BCUT2D eigenvalue weighted by Crippen LogP contribution is -2.15. The van der Waals surface area contributed by atoms with Gasteiger partial charge in [0.1, 0.15) is 5.75 Å². The van der Waals surface area contributed by atoms with Crippen molar-refractivity contribution in [3.8, 4) is 5.75 Å². The second-order valence-electron chi connectivity index (χ2n) is 6.20. The van der Waals surface area contributed by atoms with Crippen molar-refractivity contribution in [3.05, 3.63) is 65.0 Å². The maximum Gasteiger partial charge on any atom is 0.339 e. The molecule has 0 saturated carbocycles. The predicted octanol–water partition coefficient (Wildman–Crippen LogP) is 3.84. The van der Waals surface area contributed by atoms with Crippen LogP contribution in [0.3, 0.4) is 0 Å². The Labute approximate surface area is 152 Å². The first-order valence-electron chi connectivity index (χ1n) is 8.33. The molecule has 26 heavy (non-hydrogen) atoms. The molecule has 0 spiro atoms. The number of ketones is 1. The number of ether oxygens (including phenoxy) is 2. The summed E-state index contributed by atoms with van der Waals surface area (Å²) in [6.07, 6.45) is 0. The van der Waals surface area contributed by atoms with E-state index in [0.29, 0.717) is 16.9 Å². The van der Waals surface area contributed by atoms with Crippen LogP contribution < -0.4 is 4.74 Å². The number of carbonyl (C=O) groups is 2. The van der Waals surface area contributed by atoms with Gasteiger partial charge in [-0.05, 0) is 37.4 Å². The Kier molecular flexibility index (Phi) is 4.80. The van der Waals surface area contributed by atoms with Crippen molar-refractivity contribution in [2.45, 2.75) is 13.8 Å². The van der Waals surface area contributed by atoms with E-state index in [9.17, 15) is 9.59 Å². The summed E-state index contributed by atoms with van der Waals surface area (Å²) in [4.78, 5) is 25.0. The first-order chi connectivity index (χ1) is 12.4. The van der Waals surface area contributed by atoms with Crippen molar-refractivity contribution in [1.82, 2.24) is 4.57 Å². The largest absolute Gasteiger partial charge is 0.496 e. The summed E-state index contributed by atoms with van der Waals surface area (Å²) < 4.78 is 12.6. The Bertz CT molecular complexity index is 1000. The van der Waals surface area contributed by atoms with Crippen LogP contribution in [-0.2, 0) is 11.8 Å². The highest BCUT2D eigenvalue weighted by Crippen LogP contribution is 2.28. The van der Waals surface area contributed by atoms with Crippen molar-refractivity contribution in [3.63, 3.8) is 0 Å². The smallest absolute Gasteiger partial charge is 0.339 e. The second-order valence-corrected chi connectivity index (χ2v) is 6.20. The third-order valence-corrected chi connectivity index (χ3v) is 4.73. The zero-order valence-corrected chi connectivity index (χ0v) is 15.3. The molecule has 0 aliphatic carbocycles. The summed E-state index contributed by atoms with van der Waals surface area (Å²) in [6.45, 7) is 3.52. The Hall–Kier alpha value is -3.08. The van der Waals surface area contributed by atoms with E-state index < -0.39 is 5.97 Å². The molecule has 0 fully saturated rings. The summed E-state index contributed by atoms with van der Waals surface area (Å²) in [6, 6.07) is 12.6. The lowest BCUT2D eigenvalue weighted by Gasteiger charge is -2.10. The minimum atomic E-state index is -0.525. The highest BCUT2D eigenvalue weighted by Gasteiger charge is 2.18. The average molecular weight is 351 g/mol. The molecular weight excluding hydrogens is 330 g/mol. The second kappa shape index (κ2) is 7.04. The van der Waals surface area contributed by atoms with Crippen molar-refractivity contribution in [1.29, 1.82) is 0 Å². The molecular formula is C21H21NO4. The molecule has 134 valence electrons. The summed E-state index contributed by atoms with van der Waals surface area (Å²) >= 11 is 0. The molecule has 1 aromatic heterocycles. The minimum absolute atomic E-state index is 0.211. The van der Waals surface area contributed by atoms with Crippen LogP contribution >= 0.6 is 0 Å². The summed E-state index contributed by atoms with van der Waals surface area (Å²) in [5, 5.41) is 1.56. The summed E-state index contributed by atoms with van der Waals surface area (Å²) in [7, 11) is 3.49. The molecule has 0 bridgehead atoms. The molecule has 0 amide bonds. The number of carbonyl (C=O) groups excluding carboxylic acids is 2. The van der Waals surface area contributed by atoms with Crippen LogP contribution in [0.1, 0.15) is 32.1 Å². The molecule has 0 N–H and O–H groups in total. The SMILES string of the molecule is COc1ccc(C(=O)OCC(=O)c2cc(C)n(C)c2C)c2ccccc12. The van der Waals surface area contributed by atoms with Gasteiger partial charge in [-0.2, -0.15) is 0 Å². The first kappa shape index (κ1) is 17.7. The van der Waals surface area contributed by atoms with Crippen LogP contribution in [0.25, 0.3) is 10.8 Å². The van der Waals surface area contributed by atoms with Crippen LogP contribution in [0, 0.1) is 13.8 Å². The van der Waals surface area contributed by atoms with Gasteiger partial charge in [-0.15, -0.1) is 0 Å². The van der Waals surface area contributed by atoms with Crippen molar-refractivity contribution >= 4 is 22.5 Å². The number of fused-ring (bicyclic) bond motifs is 1. The molecule has 0 aliphatic rings. The molecule has 5 nitrogen and oxygen atoms in total. The van der Waals surface area contributed by atoms with Gasteiger partial charge in [-0.1, -0.05) is 24.3 Å². The van der Waals surface area contributed by atoms with Gasteiger partial charge in [0.15, 0.2) is 6.61 Å². The first-order valence-corrected chi connectivity index (χ1v) is 8.33. The lowest BCUT2D eigenvalue weighted by molar-refractivity contribution is 0.0476. The van der Waals surface area contributed by atoms with Gasteiger partial charge in [0.25, 0.3) is 0 Å². The Balaban J connectivity index is 1.82. The van der Waals surface area contributed by atoms with Crippen LogP contribution in [0.15, 0.2) is 42.5 Å². The highest BCUT2D eigenvalue weighted by molar-refractivity contribution is 6.07. The number of hydrogen-bond donors (Lipinski definition) is 0. The van der Waals surface area contributed by atoms with E-state index in [-0.39, 0.29) is 12.4 Å². The molecule has 5 heteroatoms. The molecule has 3 rings (SSSR count). The molecule has 0 aliphatic heterocycles. The standard InChI is InChI=1S/C21H21NO4/c1-13-11-18(14(2)22(13)3)19(23)12-26-21(24)17-9-10-20(25-4)16-8-6-5-7-15(16)17/h5-11H,12H2,1-4H3. The third-order valence-electron chi connectivity index (χ3n) is 4.73. The van der Waals surface area contributed by atoms with E-state index >= 15 is 0 Å². The topological polar surface area (TPSA) is 57.5 Å². The molecule has 2 aromatic carbocycles. The van der Waals surface area contributed by atoms with Crippen LogP contribution in [0.5, 0.6) is 5.75 Å². The number of esters is 1. The van der Waals surface area contributed by atoms with E-state index in [4.69, 9.17) is 9.47 Å². The van der Waals surface area contributed by atoms with Crippen LogP contribution in [0.2, 0.25) is 0 Å². The van der Waals surface area contributed by atoms with Crippen LogP contribution in [0.4, 0.5) is 0 Å². The summed E-state index contributed by atoms with van der Waals surface area (Å²) in [5.74, 6) is -0.0523. The molecule has 0 radical (unpaired) electrons. The van der Waals surface area contributed by atoms with Crippen molar-refractivity contribution < 1.29 is 19.1 Å². The van der Waals surface area contributed by atoms with Gasteiger partial charge in [0.05, 0.1) is 12.7 Å². The van der Waals surface area contributed by atoms with Gasteiger partial charge in [0, 0.05) is 29.4 Å². The van der Waals surface area contributed by atoms with Crippen LogP contribution in [-0.4, -0.2) is 30.0 Å². The van der Waals surface area contributed by atoms with E-state index in [1.807, 2.05) is 55.8 Å². The van der Waals surface area contributed by atoms with Crippen molar-refractivity contribution in [2.75, 3.05) is 13.7 Å². The molecule has 0 saturated heterocycles. The fourth-order valence-electron chi connectivity index (χ4n) is 3.05. The Morgan fingerprint density at radius 3 is 2.31 bits per heavy atom. The molecule has 0 atom stereocenters. The molecule has 1 heterocycles. The fraction of sp³-hybridized carbons (Fsp3) is 0.238. The van der Waals surface area contributed by atoms with Gasteiger partial charge in [0.2, 0.25) is 5.78 Å². The lowest BCUT2D eigenvalue weighted by atomic mass is 10.0. The Morgan fingerprint density at radius 2 is 1.69 bits per heavy atom. The number of methoxy groups -OCH3 is 1. The fourth-order valence-corrected chi connectivity index (χ4v) is 3.05. The van der Waals surface area contributed by atoms with Gasteiger partial charge >= 0.3 is 5.97 Å². The molecule has 3 aromatic rings. The van der Waals surface area contributed by atoms with E-state index in [1.165, 1.54) is 0 Å². The number of benzene rings is 2. The summed E-state index contributed by atoms with van der Waals surface area (Å²) in [5.41, 5.74) is 2.84. The number of aryl methyl sites for hydroxylation is 1. The number of rotatable bonds is 5. The third kappa shape index (κ3) is 3.08. The maximum atomic E-state index is 12.5. The monoisotopic (exact) mass is 351 g/mol. The molecule has 0 unspecified atom stereocenters. The minimum Gasteiger partial charge on any atom is -0.496 e. The zero-order valence-electron chi connectivity index (χ0n) is 15.3.